The number of esters is 1. The zero-order valence-corrected chi connectivity index (χ0v) is 22.6. The molecule has 3 rings (SSSR count). The van der Waals surface area contributed by atoms with Crippen molar-refractivity contribution in [1.82, 2.24) is 14.8 Å². The molecule has 1 aliphatic rings. The molecule has 0 saturated carbocycles. The SMILES string of the molecule is C[CH-]C(=O)OC(C)C.O=c1cnn(C2OC(CO[N-]Oc3ccccc3)[C@@H](O)[C@H]2O)c(=O)[nH]1.[CH3-].[W]. The second-order valence-electron chi connectivity index (χ2n) is 6.98. The fourth-order valence-electron chi connectivity index (χ4n) is 2.57. The zero-order valence-electron chi connectivity index (χ0n) is 19.6. The van der Waals surface area contributed by atoms with E-state index in [2.05, 4.69) is 10.7 Å². The molecule has 0 aliphatic carbocycles. The summed E-state index contributed by atoms with van der Waals surface area (Å²) >= 11 is 0. The maximum absolute atomic E-state index is 11.7. The van der Waals surface area contributed by atoms with Gasteiger partial charge in [-0.05, 0) is 26.0 Å². The number of hydrogen-bond acceptors (Lipinski definition) is 10. The maximum Gasteiger partial charge on any atom is 0.347 e. The van der Waals surface area contributed by atoms with Crippen LogP contribution in [0.1, 0.15) is 27.0 Å². The number of aliphatic hydroxyl groups excluding tert-OH is 2. The molecule has 4 atom stereocenters. The van der Waals surface area contributed by atoms with Gasteiger partial charge < -0.3 is 42.4 Å². The molecule has 13 nitrogen and oxygen atoms in total. The Hall–Kier alpha value is -2.54. The molecule has 2 aromatic rings. The summed E-state index contributed by atoms with van der Waals surface area (Å²) in [6, 6.07) is 8.66. The van der Waals surface area contributed by atoms with Crippen molar-refractivity contribution in [3.8, 4) is 5.75 Å². The Bertz CT molecular complexity index is 987. The van der Waals surface area contributed by atoms with Crippen molar-refractivity contribution in [3.05, 3.63) is 76.9 Å². The van der Waals surface area contributed by atoms with E-state index in [0.29, 0.717) is 5.75 Å². The van der Waals surface area contributed by atoms with Crippen molar-refractivity contribution in [2.75, 3.05) is 6.61 Å². The molecular weight excluding hydrogens is 636 g/mol. The van der Waals surface area contributed by atoms with Gasteiger partial charge in [-0.2, -0.15) is 16.7 Å². The van der Waals surface area contributed by atoms with E-state index >= 15 is 0 Å². The number of H-pyrrole nitrogens is 1. The first kappa shape index (κ1) is 32.5. The largest absolute Gasteiger partial charge is 0.565 e. The number of nitrogens with zero attached hydrogens (tertiary/aromatic N) is 3. The smallest absolute Gasteiger partial charge is 0.347 e. The van der Waals surface area contributed by atoms with Crippen molar-refractivity contribution in [2.45, 2.75) is 51.4 Å². The van der Waals surface area contributed by atoms with Crippen LogP contribution in [-0.2, 0) is 40.2 Å². The standard InChI is InChI=1S/C14H15N4O7.C6H11O2.CH3.W/c19-10-6-15-18(14(22)16-10)13-12(21)11(20)9(24-13)7-23-17-25-8-4-2-1-3-5-8;1-4-6(7)8-5(2)3;;/h1-6,9,11-13,20-21H,7H2,(H,16,19,22);4-5H,1-3H3;1H3;/q3*-1;/t9?,11-,12-,13?;;;/m1.../s1. The number of benzene rings is 1. The molecule has 2 unspecified atom stereocenters. The molecule has 196 valence electrons. The Kier molecular flexibility index (Phi) is 15.0. The molecule has 0 radical (unpaired) electrons. The minimum Gasteiger partial charge on any atom is -0.565 e. The van der Waals surface area contributed by atoms with Crippen molar-refractivity contribution in [2.24, 2.45) is 0 Å². The summed E-state index contributed by atoms with van der Waals surface area (Å²) in [5.74, 6) is 0.206. The molecule has 0 spiro atoms. The normalized spacial score (nSPS) is 20.5. The second-order valence-corrected chi connectivity index (χ2v) is 6.98. The number of para-hydroxylation sites is 1. The van der Waals surface area contributed by atoms with Crippen LogP contribution >= 0.6 is 0 Å². The van der Waals surface area contributed by atoms with E-state index in [1.165, 1.54) is 6.42 Å². The van der Waals surface area contributed by atoms with Gasteiger partial charge in [0.05, 0.1) is 12.7 Å². The van der Waals surface area contributed by atoms with Crippen LogP contribution in [0.15, 0.2) is 46.1 Å². The average Bonchev–Trinajstić information content (AvgIpc) is 3.06. The second kappa shape index (κ2) is 16.2. The number of rotatable bonds is 8. The van der Waals surface area contributed by atoms with Crippen LogP contribution in [0.4, 0.5) is 0 Å². The van der Waals surface area contributed by atoms with E-state index in [1.54, 1.807) is 31.2 Å². The Labute approximate surface area is 216 Å². The van der Waals surface area contributed by atoms with Crippen LogP contribution in [0, 0.1) is 13.8 Å². The van der Waals surface area contributed by atoms with Crippen LogP contribution < -0.4 is 16.1 Å². The Morgan fingerprint density at radius 3 is 2.46 bits per heavy atom. The first-order valence-corrected chi connectivity index (χ1v) is 9.97. The van der Waals surface area contributed by atoms with E-state index in [1.807, 2.05) is 24.9 Å². The molecule has 1 aliphatic heterocycles. The van der Waals surface area contributed by atoms with Gasteiger partial charge >= 0.3 is 5.69 Å². The number of ether oxygens (including phenoxy) is 2. The number of aromatic nitrogens is 3. The molecule has 0 bridgehead atoms. The Morgan fingerprint density at radius 1 is 1.26 bits per heavy atom. The monoisotopic (exact) mass is 665 g/mol. The number of hydrogen-bond donors (Lipinski definition) is 3. The van der Waals surface area contributed by atoms with Gasteiger partial charge in [0.2, 0.25) is 0 Å². The maximum atomic E-state index is 11.7. The zero-order chi connectivity index (χ0) is 24.4. The molecule has 2 heterocycles. The Morgan fingerprint density at radius 2 is 1.91 bits per heavy atom. The van der Waals surface area contributed by atoms with Crippen LogP contribution in [0.25, 0.3) is 5.64 Å². The third-order valence-electron chi connectivity index (χ3n) is 4.08. The molecule has 1 saturated heterocycles. The van der Waals surface area contributed by atoms with Gasteiger partial charge in [-0.3, -0.25) is 21.0 Å². The Balaban J connectivity index is 0.00000101. The topological polar surface area (TPSA) is 176 Å². The summed E-state index contributed by atoms with van der Waals surface area (Å²) < 4.78 is 10.8. The number of nitrogens with one attached hydrogen (secondary N) is 1. The molecule has 3 N–H and O–H groups in total. The number of carbonyl (C=O) groups is 1. The first-order chi connectivity index (χ1) is 15.7. The van der Waals surface area contributed by atoms with Gasteiger partial charge in [0.25, 0.3) is 5.56 Å². The number of aromatic amines is 1. The van der Waals surface area contributed by atoms with Gasteiger partial charge in [-0.1, -0.05) is 18.2 Å². The fourth-order valence-corrected chi connectivity index (χ4v) is 2.57. The van der Waals surface area contributed by atoms with Gasteiger partial charge in [-0.15, -0.1) is 0 Å². The number of carbonyl (C=O) groups excluding carboxylic acids is 1. The molecule has 14 heteroatoms. The predicted octanol–water partition coefficient (Wildman–Crippen LogP) is 0.460. The van der Waals surface area contributed by atoms with E-state index in [0.717, 1.165) is 10.9 Å². The fraction of sp³-hybridized carbons (Fsp3) is 0.429. The van der Waals surface area contributed by atoms with Gasteiger partial charge in [0, 0.05) is 21.1 Å². The van der Waals surface area contributed by atoms with Crippen LogP contribution in [-0.4, -0.2) is 62.0 Å². The van der Waals surface area contributed by atoms with E-state index in [9.17, 15) is 24.6 Å². The predicted molar refractivity (Wildman–Crippen MR) is 119 cm³/mol. The summed E-state index contributed by atoms with van der Waals surface area (Å²) in [4.78, 5) is 44.9. The quantitative estimate of drug-likeness (QED) is 0.156. The van der Waals surface area contributed by atoms with Crippen molar-refractivity contribution < 1.29 is 55.2 Å². The third-order valence-corrected chi connectivity index (χ3v) is 4.08. The van der Waals surface area contributed by atoms with E-state index < -0.39 is 35.8 Å². The van der Waals surface area contributed by atoms with E-state index in [4.69, 9.17) is 19.1 Å². The van der Waals surface area contributed by atoms with E-state index in [-0.39, 0.29) is 47.2 Å². The van der Waals surface area contributed by atoms with Gasteiger partial charge in [0.15, 0.2) is 12.2 Å². The van der Waals surface area contributed by atoms with Crippen molar-refractivity contribution >= 4 is 5.97 Å². The summed E-state index contributed by atoms with van der Waals surface area (Å²) in [6.07, 6.45) is -2.79. The van der Waals surface area contributed by atoms with Crippen molar-refractivity contribution in [1.29, 1.82) is 0 Å². The average molecular weight is 665 g/mol. The molecule has 35 heavy (non-hydrogen) atoms. The molecule has 1 fully saturated rings. The van der Waals surface area contributed by atoms with Crippen LogP contribution in [0.2, 0.25) is 0 Å². The molecule has 1 aromatic heterocycles. The third kappa shape index (κ3) is 10.3. The van der Waals surface area contributed by atoms with Crippen molar-refractivity contribution in [3.63, 3.8) is 0 Å². The summed E-state index contributed by atoms with van der Waals surface area (Å²) in [5.41, 5.74) is 1.83. The molecule has 1 aromatic carbocycles. The van der Waals surface area contributed by atoms with Crippen LogP contribution in [0.3, 0.4) is 0 Å². The van der Waals surface area contributed by atoms with Crippen LogP contribution in [0.5, 0.6) is 5.75 Å². The first-order valence-electron chi connectivity index (χ1n) is 9.97. The minimum atomic E-state index is -1.44. The molecule has 0 amide bonds. The summed E-state index contributed by atoms with van der Waals surface area (Å²) in [5, 5.41) is 23.6. The minimum absolute atomic E-state index is 0. The van der Waals surface area contributed by atoms with Gasteiger partial charge in [-0.25, -0.2) is 4.79 Å². The molecular formula is C21H29N4O9W-3. The summed E-state index contributed by atoms with van der Waals surface area (Å²) in [7, 11) is 0. The number of aliphatic hydroxyl groups is 2. The summed E-state index contributed by atoms with van der Waals surface area (Å²) in [6.45, 7) is 5.06. The van der Waals surface area contributed by atoms with Gasteiger partial charge in [0.1, 0.15) is 30.3 Å².